The molecule has 180 valence electrons. The number of amides is 1. The summed E-state index contributed by atoms with van der Waals surface area (Å²) in [6.07, 6.45) is 2.72. The molecule has 0 radical (unpaired) electrons. The molecule has 1 saturated heterocycles. The zero-order valence-corrected chi connectivity index (χ0v) is 21.7. The second kappa shape index (κ2) is 13.0. The van der Waals surface area contributed by atoms with Crippen molar-refractivity contribution in [3.8, 4) is 0 Å². The van der Waals surface area contributed by atoms with Crippen molar-refractivity contribution in [1.82, 2.24) is 9.62 Å². The maximum absolute atomic E-state index is 12.8. The Bertz CT molecular complexity index is 999. The number of aryl methyl sites for hydroxylation is 1. The van der Waals surface area contributed by atoms with Crippen LogP contribution in [0.1, 0.15) is 30.4 Å². The third-order valence-corrected chi connectivity index (χ3v) is 9.33. The molecule has 1 heterocycles. The lowest BCUT2D eigenvalue weighted by atomic mass is 9.99. The first kappa shape index (κ1) is 26.4. The van der Waals surface area contributed by atoms with Crippen molar-refractivity contribution in [2.24, 2.45) is 5.92 Å². The van der Waals surface area contributed by atoms with E-state index in [0.29, 0.717) is 48.2 Å². The Morgan fingerprint density at radius 2 is 1.82 bits per heavy atom. The van der Waals surface area contributed by atoms with Crippen LogP contribution in [0.2, 0.25) is 10.0 Å². The number of sulfonamides is 1. The summed E-state index contributed by atoms with van der Waals surface area (Å²) in [5.74, 6) is 1.13. The van der Waals surface area contributed by atoms with Crippen molar-refractivity contribution in [1.29, 1.82) is 0 Å². The topological polar surface area (TPSA) is 66.5 Å². The van der Waals surface area contributed by atoms with Gasteiger partial charge in [0.15, 0.2) is 0 Å². The van der Waals surface area contributed by atoms with Gasteiger partial charge < -0.3 is 5.32 Å². The van der Waals surface area contributed by atoms with Gasteiger partial charge in [0.1, 0.15) is 0 Å². The Hall–Kier alpha value is -1.25. The van der Waals surface area contributed by atoms with Crippen LogP contribution in [0.25, 0.3) is 0 Å². The molecule has 1 N–H and O–H groups in total. The lowest BCUT2D eigenvalue weighted by Gasteiger charge is -2.31. The normalized spacial score (nSPS) is 17.1. The van der Waals surface area contributed by atoms with E-state index in [9.17, 15) is 13.2 Å². The monoisotopic (exact) mass is 528 g/mol. The van der Waals surface area contributed by atoms with Crippen molar-refractivity contribution in [3.63, 3.8) is 0 Å². The van der Waals surface area contributed by atoms with E-state index in [-0.39, 0.29) is 24.1 Å². The fraction of sp³-hybridized carbons (Fsp3) is 0.458. The van der Waals surface area contributed by atoms with Crippen LogP contribution in [0.4, 0.5) is 0 Å². The van der Waals surface area contributed by atoms with E-state index in [2.05, 4.69) is 5.32 Å². The van der Waals surface area contributed by atoms with Crippen molar-refractivity contribution in [3.05, 3.63) is 69.7 Å². The van der Waals surface area contributed by atoms with Crippen LogP contribution >= 0.6 is 35.0 Å². The summed E-state index contributed by atoms with van der Waals surface area (Å²) in [6, 6.07) is 15.3. The maximum atomic E-state index is 12.8. The largest absolute Gasteiger partial charge is 0.355 e. The number of nitrogens with zero attached hydrogens (tertiary/aromatic N) is 1. The molecule has 1 aliphatic heterocycles. The van der Waals surface area contributed by atoms with Crippen LogP contribution in [-0.4, -0.2) is 49.8 Å². The van der Waals surface area contributed by atoms with Crippen LogP contribution in [0.3, 0.4) is 0 Å². The molecule has 3 rings (SSSR count). The summed E-state index contributed by atoms with van der Waals surface area (Å²) < 4.78 is 27.1. The lowest BCUT2D eigenvalue weighted by Crippen LogP contribution is -2.46. The van der Waals surface area contributed by atoms with Gasteiger partial charge in [0.2, 0.25) is 15.9 Å². The average molecular weight is 530 g/mol. The average Bonchev–Trinajstić information content (AvgIpc) is 2.81. The van der Waals surface area contributed by atoms with Gasteiger partial charge in [0.25, 0.3) is 0 Å². The van der Waals surface area contributed by atoms with Gasteiger partial charge in [-0.3, -0.25) is 4.79 Å². The maximum Gasteiger partial charge on any atom is 0.224 e. The third-order valence-electron chi connectivity index (χ3n) is 5.71. The van der Waals surface area contributed by atoms with Gasteiger partial charge >= 0.3 is 0 Å². The Kier molecular flexibility index (Phi) is 10.4. The molecule has 9 heteroatoms. The minimum absolute atomic E-state index is 0.0736. The second-order valence-electron chi connectivity index (χ2n) is 8.15. The summed E-state index contributed by atoms with van der Waals surface area (Å²) in [5, 5.41) is 4.25. The number of carbonyl (C=O) groups excluding carboxylic acids is 1. The number of nitrogens with one attached hydrogen (secondary N) is 1. The zero-order chi connectivity index (χ0) is 23.7. The van der Waals surface area contributed by atoms with Crippen LogP contribution in [0, 0.1) is 5.92 Å². The van der Waals surface area contributed by atoms with Gasteiger partial charge in [-0.1, -0.05) is 59.6 Å². The molecule has 2 aromatic carbocycles. The van der Waals surface area contributed by atoms with E-state index in [1.165, 1.54) is 4.31 Å². The molecule has 0 spiro atoms. The molecular weight excluding hydrogens is 499 g/mol. The van der Waals surface area contributed by atoms with Crippen LogP contribution in [0.15, 0.2) is 48.5 Å². The molecule has 2 aromatic rings. The highest BCUT2D eigenvalue weighted by Crippen LogP contribution is 2.28. The number of carbonyl (C=O) groups is 1. The first-order valence-corrected chi connectivity index (χ1v) is 14.7. The van der Waals surface area contributed by atoms with Crippen molar-refractivity contribution >= 4 is 50.9 Å². The fourth-order valence-corrected chi connectivity index (χ4v) is 7.05. The fourth-order valence-electron chi connectivity index (χ4n) is 3.88. The molecule has 1 atom stereocenters. The third kappa shape index (κ3) is 8.18. The molecule has 0 aromatic heterocycles. The van der Waals surface area contributed by atoms with E-state index >= 15 is 0 Å². The first-order valence-electron chi connectivity index (χ1n) is 11.2. The standard InChI is InChI=1S/C24H30Cl2N2O3S2/c25-22-11-4-12-23(26)21(22)18-32-15-13-27-24(29)20-10-5-14-28(17-20)33(30,31)16-6-9-19-7-2-1-3-8-19/h1-4,7-8,11-12,20H,5-6,9-10,13-18H2,(H,27,29). The highest BCUT2D eigenvalue weighted by Gasteiger charge is 2.31. The zero-order valence-electron chi connectivity index (χ0n) is 18.5. The molecule has 33 heavy (non-hydrogen) atoms. The first-order chi connectivity index (χ1) is 15.9. The summed E-state index contributed by atoms with van der Waals surface area (Å²) >= 11 is 14.0. The lowest BCUT2D eigenvalue weighted by molar-refractivity contribution is -0.125. The van der Waals surface area contributed by atoms with E-state index in [1.807, 2.05) is 48.5 Å². The summed E-state index contributed by atoms with van der Waals surface area (Å²) in [5.41, 5.74) is 2.04. The van der Waals surface area contributed by atoms with Gasteiger partial charge in [0.05, 0.1) is 11.7 Å². The summed E-state index contributed by atoms with van der Waals surface area (Å²) in [6.45, 7) is 1.28. The molecule has 1 aliphatic rings. The molecule has 1 amide bonds. The number of hydrogen-bond acceptors (Lipinski definition) is 4. The molecule has 0 saturated carbocycles. The van der Waals surface area contributed by atoms with Gasteiger partial charge in [-0.15, -0.1) is 0 Å². The molecule has 5 nitrogen and oxygen atoms in total. The van der Waals surface area contributed by atoms with E-state index in [4.69, 9.17) is 23.2 Å². The number of piperidine rings is 1. The molecule has 0 aliphatic carbocycles. The highest BCUT2D eigenvalue weighted by molar-refractivity contribution is 7.98. The number of rotatable bonds is 11. The van der Waals surface area contributed by atoms with Gasteiger partial charge in [0, 0.05) is 41.2 Å². The number of halogens is 2. The van der Waals surface area contributed by atoms with Gasteiger partial charge in [-0.2, -0.15) is 11.8 Å². The molecular formula is C24H30Cl2N2O3S2. The van der Waals surface area contributed by atoms with E-state index in [0.717, 1.165) is 23.3 Å². The highest BCUT2D eigenvalue weighted by atomic mass is 35.5. The Morgan fingerprint density at radius 3 is 2.55 bits per heavy atom. The van der Waals surface area contributed by atoms with E-state index in [1.54, 1.807) is 11.8 Å². The molecule has 1 fully saturated rings. The number of hydrogen-bond donors (Lipinski definition) is 1. The Morgan fingerprint density at radius 1 is 1.09 bits per heavy atom. The van der Waals surface area contributed by atoms with Crippen molar-refractivity contribution in [2.45, 2.75) is 31.4 Å². The predicted molar refractivity (Wildman–Crippen MR) is 138 cm³/mol. The summed E-state index contributed by atoms with van der Waals surface area (Å²) in [4.78, 5) is 12.6. The number of benzene rings is 2. The minimum atomic E-state index is -3.36. The SMILES string of the molecule is O=C(NCCSCc1c(Cl)cccc1Cl)C1CCCN(S(=O)(=O)CCCc2ccccc2)C1. The van der Waals surface area contributed by atoms with Crippen LogP contribution in [0.5, 0.6) is 0 Å². The second-order valence-corrected chi connectivity index (χ2v) is 12.2. The van der Waals surface area contributed by atoms with Crippen LogP contribution < -0.4 is 5.32 Å². The summed E-state index contributed by atoms with van der Waals surface area (Å²) in [7, 11) is -3.36. The number of thioether (sulfide) groups is 1. The van der Waals surface area contributed by atoms with Crippen molar-refractivity contribution in [2.75, 3.05) is 31.1 Å². The quantitative estimate of drug-likeness (QED) is 0.416. The molecule has 0 bridgehead atoms. The van der Waals surface area contributed by atoms with Crippen LogP contribution in [-0.2, 0) is 27.0 Å². The Labute approximate surface area is 211 Å². The minimum Gasteiger partial charge on any atom is -0.355 e. The van der Waals surface area contributed by atoms with Gasteiger partial charge in [-0.05, 0) is 48.9 Å². The smallest absolute Gasteiger partial charge is 0.224 e. The van der Waals surface area contributed by atoms with Gasteiger partial charge in [-0.25, -0.2) is 12.7 Å². The van der Waals surface area contributed by atoms with Crippen molar-refractivity contribution < 1.29 is 13.2 Å². The van der Waals surface area contributed by atoms with E-state index < -0.39 is 10.0 Å². The molecule has 1 unspecified atom stereocenters. The predicted octanol–water partition coefficient (Wildman–Crippen LogP) is 5.02. The Balaban J connectivity index is 1.39.